The normalized spacial score (nSPS) is 20.7. The van der Waals surface area contributed by atoms with E-state index in [1.165, 1.54) is 0 Å². The molecule has 1 aliphatic heterocycles. The Labute approximate surface area is 146 Å². The molecule has 0 spiro atoms. The van der Waals surface area contributed by atoms with E-state index < -0.39 is 11.7 Å². The van der Waals surface area contributed by atoms with Crippen LogP contribution in [-0.2, 0) is 16.9 Å². The van der Waals surface area contributed by atoms with Crippen LogP contribution in [0.25, 0.3) is 0 Å². The Morgan fingerprint density at radius 2 is 1.88 bits per heavy atom. The number of piperidine rings is 1. The van der Waals surface area contributed by atoms with Crippen molar-refractivity contribution in [3.63, 3.8) is 0 Å². The predicted octanol–water partition coefficient (Wildman–Crippen LogP) is 3.96. The van der Waals surface area contributed by atoms with Crippen molar-refractivity contribution in [3.8, 4) is 0 Å². The summed E-state index contributed by atoms with van der Waals surface area (Å²) in [4.78, 5) is 13.9. The highest BCUT2D eigenvalue weighted by atomic mass is 35.5. The SMILES string of the molecule is O=C(OCc1ccccc1)N1CCCC(O)(c2ccc(Cl)cc2)C1. The second-order valence-electron chi connectivity index (χ2n) is 6.10. The third-order valence-corrected chi connectivity index (χ3v) is 4.57. The van der Waals surface area contributed by atoms with E-state index >= 15 is 0 Å². The number of hydrogen-bond acceptors (Lipinski definition) is 3. The Hall–Kier alpha value is -2.04. The van der Waals surface area contributed by atoms with Crippen molar-refractivity contribution >= 4 is 17.7 Å². The Kier molecular flexibility index (Phi) is 5.07. The number of nitrogens with zero attached hydrogens (tertiary/aromatic N) is 1. The lowest BCUT2D eigenvalue weighted by molar-refractivity contribution is -0.0348. The highest BCUT2D eigenvalue weighted by Gasteiger charge is 2.37. The van der Waals surface area contributed by atoms with Gasteiger partial charge in [0.15, 0.2) is 0 Å². The molecular weight excluding hydrogens is 326 g/mol. The molecule has 1 aliphatic rings. The maximum absolute atomic E-state index is 12.3. The maximum atomic E-state index is 12.3. The second kappa shape index (κ2) is 7.24. The zero-order valence-corrected chi connectivity index (χ0v) is 14.1. The Bertz CT molecular complexity index is 690. The molecule has 1 amide bonds. The number of carbonyl (C=O) groups excluding carboxylic acids is 1. The lowest BCUT2D eigenvalue weighted by Crippen LogP contribution is -2.48. The number of aliphatic hydroxyl groups is 1. The summed E-state index contributed by atoms with van der Waals surface area (Å²) in [6, 6.07) is 16.7. The lowest BCUT2D eigenvalue weighted by Gasteiger charge is -2.39. The molecule has 1 atom stereocenters. The molecule has 1 N–H and O–H groups in total. The molecule has 1 saturated heterocycles. The van der Waals surface area contributed by atoms with E-state index in [9.17, 15) is 9.90 Å². The number of rotatable bonds is 3. The predicted molar refractivity (Wildman–Crippen MR) is 92.8 cm³/mol. The Balaban J connectivity index is 1.64. The number of benzene rings is 2. The van der Waals surface area contributed by atoms with Gasteiger partial charge in [-0.3, -0.25) is 0 Å². The first-order valence-electron chi connectivity index (χ1n) is 8.01. The lowest BCUT2D eigenvalue weighted by atomic mass is 9.86. The number of ether oxygens (including phenoxy) is 1. The maximum Gasteiger partial charge on any atom is 0.410 e. The van der Waals surface area contributed by atoms with Crippen molar-refractivity contribution in [2.45, 2.75) is 25.0 Å². The van der Waals surface area contributed by atoms with Crippen molar-refractivity contribution < 1.29 is 14.6 Å². The summed E-state index contributed by atoms with van der Waals surface area (Å²) in [5.41, 5.74) is 0.650. The minimum absolute atomic E-state index is 0.224. The number of halogens is 1. The summed E-state index contributed by atoms with van der Waals surface area (Å²) in [5.74, 6) is 0. The van der Waals surface area contributed by atoms with E-state index in [0.717, 1.165) is 17.5 Å². The summed E-state index contributed by atoms with van der Waals surface area (Å²) in [7, 11) is 0. The molecule has 0 radical (unpaired) electrons. The fraction of sp³-hybridized carbons (Fsp3) is 0.316. The number of likely N-dealkylation sites (tertiary alicyclic amines) is 1. The fourth-order valence-electron chi connectivity index (χ4n) is 3.00. The van der Waals surface area contributed by atoms with Crippen LogP contribution in [0.4, 0.5) is 4.79 Å². The second-order valence-corrected chi connectivity index (χ2v) is 6.54. The molecule has 2 aromatic rings. The number of carbonyl (C=O) groups is 1. The molecule has 0 saturated carbocycles. The van der Waals surface area contributed by atoms with Gasteiger partial charge in [0.05, 0.1) is 6.54 Å². The summed E-state index contributed by atoms with van der Waals surface area (Å²) < 4.78 is 5.37. The molecule has 3 rings (SSSR count). The van der Waals surface area contributed by atoms with Crippen molar-refractivity contribution in [3.05, 3.63) is 70.7 Å². The summed E-state index contributed by atoms with van der Waals surface area (Å²) in [6.07, 6.45) is 0.933. The van der Waals surface area contributed by atoms with Gasteiger partial charge in [-0.25, -0.2) is 4.79 Å². The summed E-state index contributed by atoms with van der Waals surface area (Å²) in [6.45, 7) is 1.04. The average molecular weight is 346 g/mol. The molecule has 0 aliphatic carbocycles. The molecule has 0 aromatic heterocycles. The first kappa shape index (κ1) is 16.8. The van der Waals surface area contributed by atoms with Gasteiger partial charge < -0.3 is 14.7 Å². The monoisotopic (exact) mass is 345 g/mol. The molecule has 4 nitrogen and oxygen atoms in total. The van der Waals surface area contributed by atoms with Gasteiger partial charge in [-0.15, -0.1) is 0 Å². The molecule has 2 aromatic carbocycles. The number of amides is 1. The fourth-order valence-corrected chi connectivity index (χ4v) is 3.12. The van der Waals surface area contributed by atoms with Crippen LogP contribution < -0.4 is 0 Å². The standard InChI is InChI=1S/C19H20ClNO3/c20-17-9-7-16(8-10-17)19(23)11-4-12-21(14-19)18(22)24-13-15-5-2-1-3-6-15/h1-3,5-10,23H,4,11-14H2. The van der Waals surface area contributed by atoms with Gasteiger partial charge in [0.2, 0.25) is 0 Å². The molecule has 1 fully saturated rings. The van der Waals surface area contributed by atoms with Crippen LogP contribution in [0.1, 0.15) is 24.0 Å². The van der Waals surface area contributed by atoms with Crippen molar-refractivity contribution in [1.82, 2.24) is 4.90 Å². The van der Waals surface area contributed by atoms with Gasteiger partial charge >= 0.3 is 6.09 Å². The van der Waals surface area contributed by atoms with Crippen LogP contribution in [-0.4, -0.2) is 29.2 Å². The summed E-state index contributed by atoms with van der Waals surface area (Å²) in [5, 5.41) is 11.6. The molecular formula is C19H20ClNO3. The van der Waals surface area contributed by atoms with Gasteiger partial charge in [-0.2, -0.15) is 0 Å². The van der Waals surface area contributed by atoms with E-state index in [1.807, 2.05) is 30.3 Å². The zero-order chi connectivity index (χ0) is 17.0. The van der Waals surface area contributed by atoms with E-state index in [1.54, 1.807) is 29.2 Å². The number of hydrogen-bond donors (Lipinski definition) is 1. The molecule has 1 unspecified atom stereocenters. The smallest absolute Gasteiger partial charge is 0.410 e. The highest BCUT2D eigenvalue weighted by Crippen LogP contribution is 2.32. The molecule has 5 heteroatoms. The Morgan fingerprint density at radius 1 is 1.17 bits per heavy atom. The first-order valence-corrected chi connectivity index (χ1v) is 8.39. The minimum atomic E-state index is -1.06. The van der Waals surface area contributed by atoms with Crippen LogP contribution >= 0.6 is 11.6 Å². The van der Waals surface area contributed by atoms with E-state index in [4.69, 9.17) is 16.3 Å². The van der Waals surface area contributed by atoms with E-state index in [2.05, 4.69) is 0 Å². The third kappa shape index (κ3) is 3.89. The van der Waals surface area contributed by atoms with Gasteiger partial charge in [0.25, 0.3) is 0 Å². The van der Waals surface area contributed by atoms with Gasteiger partial charge in [0.1, 0.15) is 12.2 Å². The summed E-state index contributed by atoms with van der Waals surface area (Å²) >= 11 is 5.91. The first-order chi connectivity index (χ1) is 11.6. The van der Waals surface area contributed by atoms with Crippen LogP contribution in [0, 0.1) is 0 Å². The van der Waals surface area contributed by atoms with Crippen molar-refractivity contribution in [2.24, 2.45) is 0 Å². The highest BCUT2D eigenvalue weighted by molar-refractivity contribution is 6.30. The average Bonchev–Trinajstić information content (AvgIpc) is 2.61. The zero-order valence-electron chi connectivity index (χ0n) is 13.3. The molecule has 0 bridgehead atoms. The van der Waals surface area contributed by atoms with Gasteiger partial charge in [-0.1, -0.05) is 54.1 Å². The van der Waals surface area contributed by atoms with E-state index in [0.29, 0.717) is 18.0 Å². The van der Waals surface area contributed by atoms with Crippen LogP contribution in [0.15, 0.2) is 54.6 Å². The van der Waals surface area contributed by atoms with E-state index in [-0.39, 0.29) is 13.2 Å². The number of β-amino-alcohol motifs (C(OH)–C–C–N with tert-alkyl or cyclic N) is 1. The van der Waals surface area contributed by atoms with Crippen molar-refractivity contribution in [1.29, 1.82) is 0 Å². The molecule has 126 valence electrons. The largest absolute Gasteiger partial charge is 0.445 e. The van der Waals surface area contributed by atoms with Gasteiger partial charge in [0, 0.05) is 11.6 Å². The van der Waals surface area contributed by atoms with Gasteiger partial charge in [-0.05, 0) is 36.1 Å². The van der Waals surface area contributed by atoms with Crippen LogP contribution in [0.3, 0.4) is 0 Å². The van der Waals surface area contributed by atoms with Crippen LogP contribution in [0.2, 0.25) is 5.02 Å². The molecule has 24 heavy (non-hydrogen) atoms. The third-order valence-electron chi connectivity index (χ3n) is 4.32. The van der Waals surface area contributed by atoms with Crippen LogP contribution in [0.5, 0.6) is 0 Å². The minimum Gasteiger partial charge on any atom is -0.445 e. The topological polar surface area (TPSA) is 49.8 Å². The molecule has 1 heterocycles. The Morgan fingerprint density at radius 3 is 2.58 bits per heavy atom. The van der Waals surface area contributed by atoms with Crippen molar-refractivity contribution in [2.75, 3.05) is 13.1 Å². The quantitative estimate of drug-likeness (QED) is 0.916.